The van der Waals surface area contributed by atoms with Crippen molar-refractivity contribution in [1.82, 2.24) is 14.2 Å². The van der Waals surface area contributed by atoms with Gasteiger partial charge in [-0.3, -0.25) is 18.7 Å². The van der Waals surface area contributed by atoms with Gasteiger partial charge in [-0.05, 0) is 72.4 Å². The Bertz CT molecular complexity index is 1580. The number of alkyl halides is 1. The molecule has 1 unspecified atom stereocenters. The van der Waals surface area contributed by atoms with Crippen LogP contribution in [0, 0.1) is 0 Å². The fourth-order valence-electron chi connectivity index (χ4n) is 5.42. The minimum Gasteiger partial charge on any atom is -0.462 e. The van der Waals surface area contributed by atoms with Gasteiger partial charge < -0.3 is 28.6 Å². The molecule has 0 amide bonds. The molecule has 17 heteroatoms. The second kappa shape index (κ2) is 15.8. The van der Waals surface area contributed by atoms with E-state index in [1.165, 1.54) is 26.0 Å². The van der Waals surface area contributed by atoms with E-state index in [1.807, 2.05) is 0 Å². The predicted octanol–water partition coefficient (Wildman–Crippen LogP) is 4.13. The number of nitrogens with zero attached hydrogens (tertiary/aromatic N) is 2. The highest BCUT2D eigenvalue weighted by molar-refractivity contribution is 7.52. The molecule has 1 aliphatic carbocycles. The molecule has 2 fully saturated rings. The zero-order valence-electron chi connectivity index (χ0n) is 27.5. The number of carbonyl (C=O) groups is 2. The van der Waals surface area contributed by atoms with E-state index in [9.17, 15) is 28.8 Å². The predicted molar refractivity (Wildman–Crippen MR) is 168 cm³/mol. The minimum atomic E-state index is -4.41. The normalized spacial score (nSPS) is 25.5. The molecule has 2 N–H and O–H groups in total. The molecule has 0 bridgehead atoms. The van der Waals surface area contributed by atoms with E-state index in [0.717, 1.165) is 43.0 Å². The fraction of sp³-hybridized carbons (Fsp3) is 0.613. The lowest BCUT2D eigenvalue weighted by Gasteiger charge is -2.26. The molecule has 15 nitrogen and oxygen atoms in total. The van der Waals surface area contributed by atoms with Crippen LogP contribution in [0.3, 0.4) is 0 Å². The maximum atomic E-state index is 16.1. The molecule has 0 spiro atoms. The SMILES string of the molecule is CC(C)OC(=O)[C@H](C)N[P@](=O)(OC[C@H]1O[C@@H](n2ccc(=O)n(C(C)OC(=O)OC3CCCCC3)c2=O)[C@](C)(F)[C@@H]1O)Oc1ccccc1. The third-order valence-electron chi connectivity index (χ3n) is 7.89. The van der Waals surface area contributed by atoms with Crippen LogP contribution >= 0.6 is 7.75 Å². The average molecular weight is 700 g/mol. The molecule has 48 heavy (non-hydrogen) atoms. The second-order valence-electron chi connectivity index (χ2n) is 12.2. The number of ether oxygens (including phenoxy) is 4. The molecular formula is C31H43FN3O12P. The Balaban J connectivity index is 1.51. The first-order chi connectivity index (χ1) is 22.6. The molecule has 266 valence electrons. The van der Waals surface area contributed by atoms with Crippen molar-refractivity contribution >= 4 is 19.9 Å². The van der Waals surface area contributed by atoms with E-state index >= 15 is 4.39 Å². The number of aliphatic hydroxyl groups is 1. The quantitative estimate of drug-likeness (QED) is 0.225. The van der Waals surface area contributed by atoms with Gasteiger partial charge in [0.1, 0.15) is 30.1 Å². The van der Waals surface area contributed by atoms with Crippen molar-refractivity contribution in [2.45, 2.75) is 115 Å². The molecule has 2 aromatic rings. The molecule has 1 aliphatic heterocycles. The van der Waals surface area contributed by atoms with Crippen LogP contribution in [0.1, 0.15) is 79.2 Å². The Morgan fingerprint density at radius 3 is 2.40 bits per heavy atom. The Morgan fingerprint density at radius 1 is 1.08 bits per heavy atom. The number of hydrogen-bond donors (Lipinski definition) is 2. The molecule has 1 aromatic carbocycles. The highest BCUT2D eigenvalue weighted by Gasteiger charge is 2.56. The van der Waals surface area contributed by atoms with Crippen LogP contribution in [0.15, 0.2) is 52.2 Å². The Labute approximate surface area is 276 Å². The van der Waals surface area contributed by atoms with E-state index < -0.39 is 80.2 Å². The lowest BCUT2D eigenvalue weighted by atomic mass is 9.98. The summed E-state index contributed by atoms with van der Waals surface area (Å²) in [6, 6.07) is 7.69. The number of nitrogens with one attached hydrogen (secondary N) is 1. The van der Waals surface area contributed by atoms with Crippen molar-refractivity contribution in [2.24, 2.45) is 0 Å². The lowest BCUT2D eigenvalue weighted by Crippen LogP contribution is -2.47. The first kappa shape index (κ1) is 37.3. The molecule has 0 radical (unpaired) electrons. The van der Waals surface area contributed by atoms with Gasteiger partial charge in [0.25, 0.3) is 5.56 Å². The number of aliphatic hydroxyl groups excluding tert-OH is 1. The number of rotatable bonds is 13. The van der Waals surface area contributed by atoms with Crippen molar-refractivity contribution in [3.63, 3.8) is 0 Å². The Kier molecular flexibility index (Phi) is 12.2. The summed E-state index contributed by atoms with van der Waals surface area (Å²) < 4.78 is 63.8. The van der Waals surface area contributed by atoms with Crippen molar-refractivity contribution in [3.8, 4) is 5.75 Å². The third-order valence-corrected chi connectivity index (χ3v) is 9.54. The molecular weight excluding hydrogens is 656 g/mol. The molecule has 1 saturated heterocycles. The zero-order chi connectivity index (χ0) is 35.2. The number of hydrogen-bond acceptors (Lipinski definition) is 12. The van der Waals surface area contributed by atoms with Crippen LogP contribution in [0.25, 0.3) is 0 Å². The van der Waals surface area contributed by atoms with Gasteiger partial charge in [0.05, 0.1) is 12.7 Å². The first-order valence-corrected chi connectivity index (χ1v) is 17.4. The van der Waals surface area contributed by atoms with Gasteiger partial charge in [-0.25, -0.2) is 23.1 Å². The van der Waals surface area contributed by atoms with Crippen LogP contribution in [-0.4, -0.2) is 69.1 Å². The van der Waals surface area contributed by atoms with Gasteiger partial charge in [0.2, 0.25) is 0 Å². The fourth-order valence-corrected chi connectivity index (χ4v) is 6.92. The highest BCUT2D eigenvalue weighted by atomic mass is 31.2. The van der Waals surface area contributed by atoms with E-state index in [0.29, 0.717) is 17.4 Å². The Hall–Kier alpha value is -3.56. The van der Waals surface area contributed by atoms with E-state index in [2.05, 4.69) is 5.09 Å². The van der Waals surface area contributed by atoms with Gasteiger partial charge in [0, 0.05) is 12.3 Å². The standard InChI is InChI=1S/C31H43FN3O12P/c1-19(2)43-27(38)20(3)33-48(41,47-23-14-10-7-11-15-23)42-18-24-26(37)31(5,32)28(46-24)34-17-16-25(36)35(29(34)39)21(4)44-30(40)45-22-12-8-6-9-13-22/h7,10-11,14-17,19-22,24,26,28,37H,6,8-9,12-13,18H2,1-5H3,(H,33,41)/t20-,21?,24+,26+,28+,31+,48-/m0/s1. The summed E-state index contributed by atoms with van der Waals surface area (Å²) in [7, 11) is -4.41. The van der Waals surface area contributed by atoms with Crippen LogP contribution in [0.2, 0.25) is 0 Å². The molecule has 2 heterocycles. The van der Waals surface area contributed by atoms with Crippen LogP contribution in [0.4, 0.5) is 9.18 Å². The maximum Gasteiger partial charge on any atom is 0.510 e. The number of carbonyl (C=O) groups excluding carboxylic acids is 2. The van der Waals surface area contributed by atoms with Gasteiger partial charge in [-0.1, -0.05) is 24.6 Å². The molecule has 1 saturated carbocycles. The summed E-state index contributed by atoms with van der Waals surface area (Å²) in [5.74, 6) is -0.624. The molecule has 7 atom stereocenters. The van der Waals surface area contributed by atoms with Crippen LogP contribution < -0.4 is 20.9 Å². The summed E-state index contributed by atoms with van der Waals surface area (Å²) in [6.07, 6.45) is -3.34. The van der Waals surface area contributed by atoms with Crippen molar-refractivity contribution in [1.29, 1.82) is 0 Å². The van der Waals surface area contributed by atoms with E-state index in [4.69, 9.17) is 28.0 Å². The first-order valence-electron chi connectivity index (χ1n) is 15.8. The summed E-state index contributed by atoms with van der Waals surface area (Å²) in [4.78, 5) is 51.0. The van der Waals surface area contributed by atoms with Crippen LogP contribution in [-0.2, 0) is 32.8 Å². The second-order valence-corrected chi connectivity index (χ2v) is 13.9. The average Bonchev–Trinajstić information content (AvgIpc) is 3.24. The Morgan fingerprint density at radius 2 is 1.75 bits per heavy atom. The number of para-hydroxylation sites is 1. The van der Waals surface area contributed by atoms with Crippen molar-refractivity contribution in [3.05, 3.63) is 63.4 Å². The monoisotopic (exact) mass is 699 g/mol. The number of benzene rings is 1. The van der Waals surface area contributed by atoms with Gasteiger partial charge in [-0.15, -0.1) is 0 Å². The molecule has 4 rings (SSSR count). The van der Waals surface area contributed by atoms with Gasteiger partial charge in [-0.2, -0.15) is 5.09 Å². The molecule has 1 aromatic heterocycles. The highest BCUT2D eigenvalue weighted by Crippen LogP contribution is 2.47. The topological polar surface area (TPSA) is 183 Å². The number of esters is 1. The van der Waals surface area contributed by atoms with Gasteiger partial charge >= 0.3 is 25.6 Å². The largest absolute Gasteiger partial charge is 0.510 e. The van der Waals surface area contributed by atoms with E-state index in [-0.39, 0.29) is 11.9 Å². The maximum absolute atomic E-state index is 16.1. The summed E-state index contributed by atoms with van der Waals surface area (Å²) in [6.45, 7) is 6.20. The van der Waals surface area contributed by atoms with Crippen molar-refractivity contribution in [2.75, 3.05) is 6.61 Å². The molecule has 2 aliphatic rings. The number of aromatic nitrogens is 2. The smallest absolute Gasteiger partial charge is 0.462 e. The summed E-state index contributed by atoms with van der Waals surface area (Å²) in [5.41, 5.74) is -4.58. The number of halogens is 1. The third kappa shape index (κ3) is 9.11. The lowest BCUT2D eigenvalue weighted by molar-refractivity contribution is -0.149. The minimum absolute atomic E-state index is 0.117. The van der Waals surface area contributed by atoms with Crippen LogP contribution in [0.5, 0.6) is 5.75 Å². The zero-order valence-corrected chi connectivity index (χ0v) is 28.4. The summed E-state index contributed by atoms with van der Waals surface area (Å²) >= 11 is 0. The van der Waals surface area contributed by atoms with E-state index in [1.54, 1.807) is 32.0 Å². The van der Waals surface area contributed by atoms with Gasteiger partial charge in [0.15, 0.2) is 18.1 Å². The van der Waals surface area contributed by atoms with Crippen molar-refractivity contribution < 1.29 is 51.6 Å². The summed E-state index contributed by atoms with van der Waals surface area (Å²) in [5, 5.41) is 13.4.